The summed E-state index contributed by atoms with van der Waals surface area (Å²) in [5.41, 5.74) is -0.557. The summed E-state index contributed by atoms with van der Waals surface area (Å²) in [4.78, 5) is 11.8. The van der Waals surface area contributed by atoms with Crippen LogP contribution in [0.25, 0.3) is 0 Å². The smallest absolute Gasteiger partial charge is 0.279 e. The lowest BCUT2D eigenvalue weighted by molar-refractivity contribution is 0.102. The van der Waals surface area contributed by atoms with Gasteiger partial charge in [-0.25, -0.2) is 8.78 Å². The number of hydrogen-bond acceptors (Lipinski definition) is 6. The summed E-state index contributed by atoms with van der Waals surface area (Å²) in [5, 5.41) is 16.5. The highest BCUT2D eigenvalue weighted by molar-refractivity contribution is 7.15. The van der Waals surface area contributed by atoms with Crippen LogP contribution in [0, 0.1) is 0 Å². The number of rotatable bonds is 5. The van der Waals surface area contributed by atoms with Gasteiger partial charge in [0.25, 0.3) is 12.3 Å². The Morgan fingerprint density at radius 2 is 2.25 bits per heavy atom. The Morgan fingerprint density at radius 3 is 2.85 bits per heavy atom. The molecule has 0 fully saturated rings. The standard InChI is InChI=1S/C10H11F2N5O2S/c1-4(19-2)9-16-17-10(20-9)13-8(18)6-3-5(7(11)12)14-15-6/h3-4,7H,1-2H3,(H,14,15)(H,13,17,18). The third-order valence-electron chi connectivity index (χ3n) is 2.43. The van der Waals surface area contributed by atoms with Crippen LogP contribution in [-0.2, 0) is 4.74 Å². The Kier molecular flexibility index (Phi) is 4.35. The molecular weight excluding hydrogens is 292 g/mol. The lowest BCUT2D eigenvalue weighted by atomic mass is 10.3. The molecule has 108 valence electrons. The zero-order valence-corrected chi connectivity index (χ0v) is 11.4. The normalized spacial score (nSPS) is 12.7. The van der Waals surface area contributed by atoms with Crippen molar-refractivity contribution in [2.45, 2.75) is 19.5 Å². The summed E-state index contributed by atoms with van der Waals surface area (Å²) < 4.78 is 29.8. The highest BCUT2D eigenvalue weighted by Gasteiger charge is 2.18. The number of ether oxygens (including phenoxy) is 1. The first-order valence-corrected chi connectivity index (χ1v) is 6.34. The van der Waals surface area contributed by atoms with E-state index in [1.165, 1.54) is 7.11 Å². The van der Waals surface area contributed by atoms with Crippen molar-refractivity contribution in [1.29, 1.82) is 0 Å². The summed E-state index contributed by atoms with van der Waals surface area (Å²) in [6.45, 7) is 1.79. The first-order valence-electron chi connectivity index (χ1n) is 5.52. The average Bonchev–Trinajstić information content (AvgIpc) is 3.06. The first kappa shape index (κ1) is 14.5. The number of nitrogens with zero attached hydrogens (tertiary/aromatic N) is 3. The van der Waals surface area contributed by atoms with Gasteiger partial charge < -0.3 is 4.74 Å². The molecule has 1 unspecified atom stereocenters. The topological polar surface area (TPSA) is 92.8 Å². The van der Waals surface area contributed by atoms with Crippen LogP contribution in [-0.4, -0.2) is 33.4 Å². The van der Waals surface area contributed by atoms with Crippen molar-refractivity contribution in [1.82, 2.24) is 20.4 Å². The first-order chi connectivity index (χ1) is 9.51. The molecule has 10 heteroatoms. The number of hydrogen-bond donors (Lipinski definition) is 2. The van der Waals surface area contributed by atoms with E-state index in [9.17, 15) is 13.6 Å². The molecule has 2 rings (SSSR count). The molecule has 20 heavy (non-hydrogen) atoms. The maximum absolute atomic E-state index is 12.4. The van der Waals surface area contributed by atoms with E-state index < -0.39 is 18.0 Å². The molecule has 2 N–H and O–H groups in total. The minimum Gasteiger partial charge on any atom is -0.374 e. The highest BCUT2D eigenvalue weighted by atomic mass is 32.1. The molecule has 0 radical (unpaired) electrons. The molecule has 0 saturated carbocycles. The van der Waals surface area contributed by atoms with E-state index in [4.69, 9.17) is 4.74 Å². The zero-order chi connectivity index (χ0) is 14.7. The number of amides is 1. The van der Waals surface area contributed by atoms with Crippen molar-refractivity contribution >= 4 is 22.4 Å². The number of carbonyl (C=O) groups excluding carboxylic acids is 1. The quantitative estimate of drug-likeness (QED) is 0.883. The van der Waals surface area contributed by atoms with E-state index >= 15 is 0 Å². The Balaban J connectivity index is 2.05. The monoisotopic (exact) mass is 303 g/mol. The number of H-pyrrole nitrogens is 1. The molecule has 2 heterocycles. The van der Waals surface area contributed by atoms with Crippen LogP contribution in [0.3, 0.4) is 0 Å². The van der Waals surface area contributed by atoms with Crippen LogP contribution in [0.2, 0.25) is 0 Å². The maximum atomic E-state index is 12.4. The SMILES string of the molecule is COC(C)c1nnc(NC(=O)c2cc(C(F)F)[nH]n2)s1. The van der Waals surface area contributed by atoms with E-state index in [1.54, 1.807) is 6.92 Å². The molecule has 0 aliphatic heterocycles. The fourth-order valence-corrected chi connectivity index (χ4v) is 2.04. The molecule has 7 nitrogen and oxygen atoms in total. The average molecular weight is 303 g/mol. The molecule has 0 spiro atoms. The molecule has 2 aromatic heterocycles. The summed E-state index contributed by atoms with van der Waals surface area (Å²) in [6.07, 6.45) is -2.95. The third-order valence-corrected chi connectivity index (χ3v) is 3.43. The number of nitrogens with one attached hydrogen (secondary N) is 2. The summed E-state index contributed by atoms with van der Waals surface area (Å²) in [6, 6.07) is 0.986. The van der Waals surface area contributed by atoms with Crippen LogP contribution in [0.15, 0.2) is 6.07 Å². The molecule has 0 saturated heterocycles. The third kappa shape index (κ3) is 3.14. The Hall–Kier alpha value is -1.94. The number of halogens is 2. The second-order valence-corrected chi connectivity index (χ2v) is 4.80. The Labute approximate surface area is 116 Å². The molecule has 2 aromatic rings. The summed E-state index contributed by atoms with van der Waals surface area (Å²) in [5.74, 6) is -0.638. The fourth-order valence-electron chi connectivity index (χ4n) is 1.28. The lowest BCUT2D eigenvalue weighted by Crippen LogP contribution is -2.12. The van der Waals surface area contributed by atoms with Gasteiger partial charge in [0.2, 0.25) is 5.13 Å². The van der Waals surface area contributed by atoms with E-state index in [2.05, 4.69) is 25.7 Å². The van der Waals surface area contributed by atoms with Gasteiger partial charge in [-0.3, -0.25) is 15.2 Å². The molecule has 0 aliphatic carbocycles. The molecule has 1 atom stereocenters. The summed E-state index contributed by atoms with van der Waals surface area (Å²) >= 11 is 1.14. The van der Waals surface area contributed by atoms with Crippen molar-refractivity contribution in [2.24, 2.45) is 0 Å². The van der Waals surface area contributed by atoms with Crippen molar-refractivity contribution in [3.05, 3.63) is 22.5 Å². The number of anilines is 1. The van der Waals surface area contributed by atoms with Gasteiger partial charge in [0.1, 0.15) is 16.8 Å². The minimum absolute atomic E-state index is 0.142. The van der Waals surface area contributed by atoms with Gasteiger partial charge in [0.05, 0.1) is 0 Å². The van der Waals surface area contributed by atoms with Gasteiger partial charge in [0.15, 0.2) is 5.69 Å². The number of aromatic nitrogens is 4. The number of aromatic amines is 1. The summed E-state index contributed by atoms with van der Waals surface area (Å²) in [7, 11) is 1.53. The van der Waals surface area contributed by atoms with E-state index in [0.717, 1.165) is 17.4 Å². The van der Waals surface area contributed by atoms with Gasteiger partial charge in [-0.1, -0.05) is 11.3 Å². The van der Waals surface area contributed by atoms with Crippen LogP contribution >= 0.6 is 11.3 Å². The van der Waals surface area contributed by atoms with Crippen LogP contribution in [0.4, 0.5) is 13.9 Å². The van der Waals surface area contributed by atoms with Crippen molar-refractivity contribution < 1.29 is 18.3 Å². The Morgan fingerprint density at radius 1 is 1.50 bits per heavy atom. The van der Waals surface area contributed by atoms with E-state index in [1.807, 2.05) is 0 Å². The second kappa shape index (κ2) is 6.01. The van der Waals surface area contributed by atoms with Gasteiger partial charge in [-0.15, -0.1) is 10.2 Å². The maximum Gasteiger partial charge on any atom is 0.279 e. The largest absolute Gasteiger partial charge is 0.374 e. The van der Waals surface area contributed by atoms with Crippen LogP contribution in [0.1, 0.15) is 40.6 Å². The minimum atomic E-state index is -2.71. The predicted octanol–water partition coefficient (Wildman–Crippen LogP) is 2.16. The highest BCUT2D eigenvalue weighted by Crippen LogP contribution is 2.24. The lowest BCUT2D eigenvalue weighted by Gasteiger charge is -2.02. The van der Waals surface area contributed by atoms with Crippen molar-refractivity contribution in [3.8, 4) is 0 Å². The van der Waals surface area contributed by atoms with Gasteiger partial charge in [0, 0.05) is 7.11 Å². The molecule has 0 bridgehead atoms. The number of alkyl halides is 2. The molecule has 0 aliphatic rings. The number of methoxy groups -OCH3 is 1. The van der Waals surface area contributed by atoms with Gasteiger partial charge in [-0.05, 0) is 13.0 Å². The van der Waals surface area contributed by atoms with E-state index in [-0.39, 0.29) is 16.9 Å². The predicted molar refractivity (Wildman–Crippen MR) is 66.8 cm³/mol. The molecular formula is C10H11F2N5O2S. The molecule has 1 amide bonds. The van der Waals surface area contributed by atoms with Crippen molar-refractivity contribution in [3.63, 3.8) is 0 Å². The second-order valence-electron chi connectivity index (χ2n) is 3.79. The zero-order valence-electron chi connectivity index (χ0n) is 10.6. The van der Waals surface area contributed by atoms with Gasteiger partial charge >= 0.3 is 0 Å². The number of carbonyl (C=O) groups is 1. The fraction of sp³-hybridized carbons (Fsp3) is 0.400. The van der Waals surface area contributed by atoms with Crippen LogP contribution in [0.5, 0.6) is 0 Å². The Bertz CT molecular complexity index is 600. The van der Waals surface area contributed by atoms with E-state index in [0.29, 0.717) is 5.01 Å². The molecule has 0 aromatic carbocycles. The van der Waals surface area contributed by atoms with Crippen LogP contribution < -0.4 is 5.32 Å². The van der Waals surface area contributed by atoms with Crippen molar-refractivity contribution in [2.75, 3.05) is 12.4 Å². The van der Waals surface area contributed by atoms with Gasteiger partial charge in [-0.2, -0.15) is 5.10 Å².